The number of ether oxygens (including phenoxy) is 1. The number of hydrogen-bond acceptors (Lipinski definition) is 9. The number of aryl methyl sites for hydroxylation is 1. The lowest BCUT2D eigenvalue weighted by Crippen LogP contribution is -2.05. The monoisotopic (exact) mass is 489 g/mol. The van der Waals surface area contributed by atoms with Crippen LogP contribution in [-0.4, -0.2) is 45.1 Å². The molecule has 0 spiro atoms. The molecule has 10 nitrogen and oxygen atoms in total. The molecule has 3 aromatic rings. The molecule has 0 atom stereocenters. The average Bonchev–Trinajstić information content (AvgIpc) is 3.21. The maximum atomic E-state index is 12.8. The Kier molecular flexibility index (Phi) is 9.15. The van der Waals surface area contributed by atoms with E-state index in [1.165, 1.54) is 13.3 Å². The number of anilines is 1. The number of fused-ring (bicyclic) bond motifs is 1. The lowest BCUT2D eigenvalue weighted by atomic mass is 10.1. The van der Waals surface area contributed by atoms with E-state index in [0.717, 1.165) is 31.5 Å². The van der Waals surface area contributed by atoms with Crippen LogP contribution in [0.1, 0.15) is 56.0 Å². The summed E-state index contributed by atoms with van der Waals surface area (Å²) in [5.41, 5.74) is 8.34. The second-order valence-corrected chi connectivity index (χ2v) is 9.82. The highest BCUT2D eigenvalue weighted by molar-refractivity contribution is 7.53. The SMILES string of the molecule is CCOP(=O)(Cc1ccc(OCCCCCn2cnc3c(N)ncnc32)c(C(C)=O)c1)OCC. The molecule has 11 heteroatoms. The van der Waals surface area contributed by atoms with E-state index >= 15 is 0 Å². The topological polar surface area (TPSA) is 131 Å². The van der Waals surface area contributed by atoms with Gasteiger partial charge in [-0.25, -0.2) is 15.0 Å². The third-order valence-electron chi connectivity index (χ3n) is 5.18. The molecule has 184 valence electrons. The van der Waals surface area contributed by atoms with Gasteiger partial charge >= 0.3 is 7.60 Å². The molecule has 0 aliphatic heterocycles. The lowest BCUT2D eigenvalue weighted by molar-refractivity contribution is 0.101. The van der Waals surface area contributed by atoms with E-state index in [4.69, 9.17) is 19.5 Å². The first kappa shape index (κ1) is 25.8. The Hall–Kier alpha value is -2.81. The number of nitrogen functional groups attached to an aromatic ring is 1. The maximum absolute atomic E-state index is 12.8. The molecule has 0 aliphatic rings. The summed E-state index contributed by atoms with van der Waals surface area (Å²) in [6, 6.07) is 5.25. The van der Waals surface area contributed by atoms with Gasteiger partial charge in [0.25, 0.3) is 0 Å². The van der Waals surface area contributed by atoms with Gasteiger partial charge in [-0.1, -0.05) is 6.07 Å². The minimum atomic E-state index is -3.25. The molecule has 0 unspecified atom stereocenters. The fraction of sp³-hybridized carbons (Fsp3) is 0.478. The number of ketones is 1. The van der Waals surface area contributed by atoms with Crippen molar-refractivity contribution in [2.45, 2.75) is 52.7 Å². The van der Waals surface area contributed by atoms with E-state index < -0.39 is 7.60 Å². The number of nitrogens with two attached hydrogens (primary N) is 1. The van der Waals surface area contributed by atoms with Crippen LogP contribution in [0.3, 0.4) is 0 Å². The van der Waals surface area contributed by atoms with Crippen molar-refractivity contribution in [3.8, 4) is 5.75 Å². The zero-order valence-corrected chi connectivity index (χ0v) is 20.8. The molecule has 0 saturated carbocycles. The van der Waals surface area contributed by atoms with Crippen molar-refractivity contribution in [1.82, 2.24) is 19.5 Å². The van der Waals surface area contributed by atoms with Crippen LogP contribution >= 0.6 is 7.60 Å². The Morgan fingerprint density at radius 2 is 1.85 bits per heavy atom. The number of nitrogens with zero attached hydrogens (tertiary/aromatic N) is 4. The van der Waals surface area contributed by atoms with E-state index in [0.29, 0.717) is 34.8 Å². The van der Waals surface area contributed by atoms with Crippen molar-refractivity contribution >= 4 is 30.4 Å². The van der Waals surface area contributed by atoms with Crippen LogP contribution in [0.5, 0.6) is 5.75 Å². The fourth-order valence-corrected chi connectivity index (χ4v) is 5.32. The molecule has 2 heterocycles. The molecule has 0 radical (unpaired) electrons. The van der Waals surface area contributed by atoms with Crippen molar-refractivity contribution in [3.05, 3.63) is 42.0 Å². The predicted octanol–water partition coefficient (Wildman–Crippen LogP) is 4.63. The first-order valence-corrected chi connectivity index (χ1v) is 13.2. The van der Waals surface area contributed by atoms with E-state index in [-0.39, 0.29) is 25.2 Å². The highest BCUT2D eigenvalue weighted by atomic mass is 31.2. The van der Waals surface area contributed by atoms with Crippen LogP contribution in [0.15, 0.2) is 30.9 Å². The van der Waals surface area contributed by atoms with Crippen LogP contribution in [0, 0.1) is 0 Å². The Bertz CT molecular complexity index is 1160. The molecular formula is C23H32N5O5P. The standard InChI is InChI=1S/C23H32N5O5P/c1-4-32-34(30,33-5-2)14-18-9-10-20(19(13-18)17(3)29)31-12-8-6-7-11-28-16-27-21-22(24)25-15-26-23(21)28/h9-10,13,15-16H,4-8,11-12,14H2,1-3H3,(H2,24,25,26). The van der Waals surface area contributed by atoms with Crippen LogP contribution in [0.2, 0.25) is 0 Å². The maximum Gasteiger partial charge on any atom is 0.335 e. The number of hydrogen-bond donors (Lipinski definition) is 1. The van der Waals surface area contributed by atoms with Gasteiger partial charge in [0.2, 0.25) is 0 Å². The van der Waals surface area contributed by atoms with E-state index in [1.807, 2.05) is 4.57 Å². The Morgan fingerprint density at radius 1 is 1.09 bits per heavy atom. The summed E-state index contributed by atoms with van der Waals surface area (Å²) in [4.78, 5) is 24.7. The number of aromatic nitrogens is 4. The van der Waals surface area contributed by atoms with Gasteiger partial charge in [0, 0.05) is 6.54 Å². The van der Waals surface area contributed by atoms with Crippen molar-refractivity contribution in [3.63, 3.8) is 0 Å². The van der Waals surface area contributed by atoms with E-state index in [2.05, 4.69) is 15.0 Å². The summed E-state index contributed by atoms with van der Waals surface area (Å²) in [6.07, 6.45) is 5.94. The Balaban J connectivity index is 1.52. The van der Waals surface area contributed by atoms with Gasteiger partial charge in [0.15, 0.2) is 17.2 Å². The van der Waals surface area contributed by atoms with Gasteiger partial charge in [-0.05, 0) is 57.7 Å². The average molecular weight is 490 g/mol. The molecule has 0 saturated heterocycles. The quantitative estimate of drug-likeness (QED) is 0.196. The zero-order chi connectivity index (χ0) is 24.6. The molecular weight excluding hydrogens is 457 g/mol. The Morgan fingerprint density at radius 3 is 2.56 bits per heavy atom. The molecule has 2 aromatic heterocycles. The molecule has 0 bridgehead atoms. The van der Waals surface area contributed by atoms with E-state index in [1.54, 1.807) is 38.4 Å². The molecule has 0 aliphatic carbocycles. The summed E-state index contributed by atoms with van der Waals surface area (Å²) in [5, 5.41) is 0. The van der Waals surface area contributed by atoms with Crippen LogP contribution < -0.4 is 10.5 Å². The molecule has 34 heavy (non-hydrogen) atoms. The smallest absolute Gasteiger partial charge is 0.335 e. The van der Waals surface area contributed by atoms with Gasteiger partial charge in [-0.2, -0.15) is 0 Å². The number of carbonyl (C=O) groups excluding carboxylic acids is 1. The molecule has 1 aromatic carbocycles. The number of unbranched alkanes of at least 4 members (excludes halogenated alkanes) is 2. The number of carbonyl (C=O) groups is 1. The summed E-state index contributed by atoms with van der Waals surface area (Å²) in [6.45, 7) is 6.85. The van der Waals surface area contributed by atoms with Crippen LogP contribution in [0.25, 0.3) is 11.2 Å². The summed E-state index contributed by atoms with van der Waals surface area (Å²) in [7, 11) is -3.25. The van der Waals surface area contributed by atoms with E-state index in [9.17, 15) is 9.36 Å². The summed E-state index contributed by atoms with van der Waals surface area (Å²) in [5.74, 6) is 0.780. The van der Waals surface area contributed by atoms with Gasteiger partial charge in [0.1, 0.15) is 17.6 Å². The van der Waals surface area contributed by atoms with Crippen molar-refractivity contribution in [2.75, 3.05) is 25.6 Å². The second-order valence-electron chi connectivity index (χ2n) is 7.77. The van der Waals surface area contributed by atoms with Gasteiger partial charge < -0.3 is 24.1 Å². The normalized spacial score (nSPS) is 11.7. The highest BCUT2D eigenvalue weighted by Gasteiger charge is 2.25. The molecule has 3 rings (SSSR count). The van der Waals surface area contributed by atoms with Gasteiger partial charge in [-0.3, -0.25) is 9.36 Å². The minimum absolute atomic E-state index is 0.106. The number of imidazole rings is 1. The van der Waals surface area contributed by atoms with Crippen LogP contribution in [-0.2, 0) is 26.3 Å². The molecule has 0 amide bonds. The Labute approximate surface area is 199 Å². The first-order valence-electron chi connectivity index (χ1n) is 11.4. The lowest BCUT2D eigenvalue weighted by Gasteiger charge is -2.18. The minimum Gasteiger partial charge on any atom is -0.493 e. The number of benzene rings is 1. The third-order valence-corrected chi connectivity index (χ3v) is 7.24. The molecule has 2 N–H and O–H groups in total. The number of rotatable bonds is 14. The summed E-state index contributed by atoms with van der Waals surface area (Å²) >= 11 is 0. The fourth-order valence-electron chi connectivity index (χ4n) is 3.63. The van der Waals surface area contributed by atoms with Gasteiger partial charge in [-0.15, -0.1) is 0 Å². The van der Waals surface area contributed by atoms with Crippen molar-refractivity contribution < 1.29 is 23.1 Å². The predicted molar refractivity (Wildman–Crippen MR) is 130 cm³/mol. The van der Waals surface area contributed by atoms with Gasteiger partial charge in [0.05, 0.1) is 37.9 Å². The highest BCUT2D eigenvalue weighted by Crippen LogP contribution is 2.51. The summed E-state index contributed by atoms with van der Waals surface area (Å²) < 4.78 is 31.4. The van der Waals surface area contributed by atoms with Crippen molar-refractivity contribution in [1.29, 1.82) is 0 Å². The first-order chi connectivity index (χ1) is 16.4. The third kappa shape index (κ3) is 6.62. The largest absolute Gasteiger partial charge is 0.493 e. The second kappa shape index (κ2) is 12.1. The zero-order valence-electron chi connectivity index (χ0n) is 19.9. The molecule has 0 fully saturated rings. The number of Topliss-reactive ketones (excluding diaryl/α,β-unsaturated/α-hetero) is 1. The van der Waals surface area contributed by atoms with Crippen LogP contribution in [0.4, 0.5) is 5.82 Å². The van der Waals surface area contributed by atoms with Crippen molar-refractivity contribution in [2.24, 2.45) is 0 Å².